The lowest BCUT2D eigenvalue weighted by Crippen LogP contribution is -2.18. The Balaban J connectivity index is 2.13. The second-order valence-electron chi connectivity index (χ2n) is 4.84. The van der Waals surface area contributed by atoms with Gasteiger partial charge in [0.2, 0.25) is 0 Å². The number of benzene rings is 1. The molecule has 1 unspecified atom stereocenters. The summed E-state index contributed by atoms with van der Waals surface area (Å²) in [4.78, 5) is 1.22. The Hall–Kier alpha value is -0.840. The molecule has 1 heterocycles. The highest BCUT2D eigenvalue weighted by Gasteiger charge is 2.11. The molecule has 1 atom stereocenters. The van der Waals surface area contributed by atoms with Gasteiger partial charge in [0.05, 0.1) is 0 Å². The third kappa shape index (κ3) is 4.08. The maximum Gasteiger partial charge on any atom is 0.124 e. The molecule has 0 saturated heterocycles. The molecule has 1 aromatic carbocycles. The van der Waals surface area contributed by atoms with Crippen LogP contribution in [0.25, 0.3) is 0 Å². The molecule has 0 saturated carbocycles. The third-order valence-electron chi connectivity index (χ3n) is 3.13. The van der Waals surface area contributed by atoms with Crippen molar-refractivity contribution in [3.63, 3.8) is 0 Å². The number of ether oxygens (including phenoxy) is 1. The van der Waals surface area contributed by atoms with Crippen molar-refractivity contribution in [1.82, 2.24) is 5.32 Å². The predicted molar refractivity (Wildman–Crippen MR) is 89.6 cm³/mol. The number of hydrogen-bond donors (Lipinski definition) is 1. The number of halogens is 1. The third-order valence-corrected chi connectivity index (χ3v) is 4.80. The minimum atomic E-state index is 0.296. The van der Waals surface area contributed by atoms with Gasteiger partial charge in [-0.15, -0.1) is 11.3 Å². The first-order valence-corrected chi connectivity index (χ1v) is 8.47. The Morgan fingerprint density at radius 1 is 1.35 bits per heavy atom. The number of aryl methyl sites for hydroxylation is 1. The van der Waals surface area contributed by atoms with Gasteiger partial charge in [0.25, 0.3) is 0 Å². The van der Waals surface area contributed by atoms with Crippen LogP contribution in [0, 0.1) is 6.92 Å². The van der Waals surface area contributed by atoms with Crippen LogP contribution in [0.3, 0.4) is 0 Å². The van der Waals surface area contributed by atoms with Crippen LogP contribution in [0.15, 0.2) is 34.1 Å². The summed E-state index contributed by atoms with van der Waals surface area (Å²) in [5.41, 5.74) is 2.48. The van der Waals surface area contributed by atoms with E-state index in [9.17, 15) is 0 Å². The summed E-state index contributed by atoms with van der Waals surface area (Å²) in [5.74, 6) is 0.966. The van der Waals surface area contributed by atoms with Gasteiger partial charge in [-0.3, -0.25) is 0 Å². The van der Waals surface area contributed by atoms with Crippen LogP contribution in [0.1, 0.15) is 35.9 Å². The summed E-state index contributed by atoms with van der Waals surface area (Å²) >= 11 is 5.18. The summed E-state index contributed by atoms with van der Waals surface area (Å²) < 4.78 is 7.13. The zero-order valence-electron chi connectivity index (χ0n) is 12.1. The van der Waals surface area contributed by atoms with Gasteiger partial charge in [0.1, 0.15) is 12.4 Å². The minimum Gasteiger partial charge on any atom is -0.488 e. The number of rotatable bonds is 6. The van der Waals surface area contributed by atoms with Crippen molar-refractivity contribution >= 4 is 27.3 Å². The normalized spacial score (nSPS) is 12.4. The molecule has 0 aliphatic rings. The summed E-state index contributed by atoms with van der Waals surface area (Å²) in [7, 11) is 0. The van der Waals surface area contributed by atoms with Crippen molar-refractivity contribution < 1.29 is 4.74 Å². The van der Waals surface area contributed by atoms with Crippen molar-refractivity contribution in [3.8, 4) is 5.75 Å². The molecular formula is C16H20BrNOS. The van der Waals surface area contributed by atoms with E-state index in [1.54, 1.807) is 11.3 Å². The molecule has 20 heavy (non-hydrogen) atoms. The van der Waals surface area contributed by atoms with Gasteiger partial charge in [-0.25, -0.2) is 0 Å². The fourth-order valence-electron chi connectivity index (χ4n) is 2.13. The minimum absolute atomic E-state index is 0.296. The quantitative estimate of drug-likeness (QED) is 0.782. The molecule has 0 spiro atoms. The molecule has 0 bridgehead atoms. The molecule has 1 aromatic heterocycles. The number of nitrogens with one attached hydrogen (secondary N) is 1. The average molecular weight is 354 g/mol. The van der Waals surface area contributed by atoms with Crippen LogP contribution in [0.2, 0.25) is 0 Å². The first-order valence-electron chi connectivity index (χ1n) is 6.79. The molecule has 2 aromatic rings. The van der Waals surface area contributed by atoms with E-state index in [0.717, 1.165) is 16.8 Å². The van der Waals surface area contributed by atoms with Gasteiger partial charge in [-0.2, -0.15) is 0 Å². The van der Waals surface area contributed by atoms with E-state index in [-0.39, 0.29) is 0 Å². The number of hydrogen-bond acceptors (Lipinski definition) is 3. The molecule has 2 rings (SSSR count). The first-order chi connectivity index (χ1) is 9.60. The fraction of sp³-hybridized carbons (Fsp3) is 0.375. The van der Waals surface area contributed by atoms with Crippen LogP contribution in [0.5, 0.6) is 5.75 Å². The highest BCUT2D eigenvalue weighted by atomic mass is 79.9. The van der Waals surface area contributed by atoms with E-state index in [2.05, 4.69) is 71.7 Å². The zero-order chi connectivity index (χ0) is 14.5. The highest BCUT2D eigenvalue weighted by molar-refractivity contribution is 9.10. The van der Waals surface area contributed by atoms with E-state index < -0.39 is 0 Å². The van der Waals surface area contributed by atoms with Gasteiger partial charge in [0, 0.05) is 26.3 Å². The fourth-order valence-corrected chi connectivity index (χ4v) is 3.49. The number of thiophene rings is 1. The van der Waals surface area contributed by atoms with Crippen molar-refractivity contribution in [1.29, 1.82) is 0 Å². The summed E-state index contributed by atoms with van der Waals surface area (Å²) in [6.45, 7) is 7.97. The molecule has 108 valence electrons. The van der Waals surface area contributed by atoms with Crippen LogP contribution in [-0.4, -0.2) is 6.54 Å². The van der Waals surface area contributed by atoms with E-state index in [1.807, 2.05) is 0 Å². The molecule has 0 amide bonds. The van der Waals surface area contributed by atoms with Crippen molar-refractivity contribution in [2.24, 2.45) is 0 Å². The van der Waals surface area contributed by atoms with Gasteiger partial charge in [-0.1, -0.05) is 24.6 Å². The lowest BCUT2D eigenvalue weighted by molar-refractivity contribution is 0.303. The molecule has 0 aliphatic carbocycles. The predicted octanol–water partition coefficient (Wildman–Crippen LogP) is 5.07. The topological polar surface area (TPSA) is 21.3 Å². The van der Waals surface area contributed by atoms with E-state index >= 15 is 0 Å². The second kappa shape index (κ2) is 7.25. The molecule has 0 fully saturated rings. The van der Waals surface area contributed by atoms with Crippen LogP contribution < -0.4 is 10.1 Å². The van der Waals surface area contributed by atoms with Gasteiger partial charge < -0.3 is 10.1 Å². The maximum atomic E-state index is 6.01. The van der Waals surface area contributed by atoms with Gasteiger partial charge in [0.15, 0.2) is 0 Å². The van der Waals surface area contributed by atoms with E-state index in [4.69, 9.17) is 4.74 Å². The monoisotopic (exact) mass is 353 g/mol. The summed E-state index contributed by atoms with van der Waals surface area (Å²) in [6, 6.07) is 8.77. The molecule has 4 heteroatoms. The largest absolute Gasteiger partial charge is 0.488 e. The van der Waals surface area contributed by atoms with Gasteiger partial charge >= 0.3 is 0 Å². The first kappa shape index (κ1) is 15.5. The summed E-state index contributed by atoms with van der Waals surface area (Å²) in [5, 5.41) is 5.53. The Kier molecular flexibility index (Phi) is 5.64. The smallest absolute Gasteiger partial charge is 0.124 e. The Bertz CT molecular complexity index is 567. The van der Waals surface area contributed by atoms with Crippen molar-refractivity contribution in [2.45, 2.75) is 33.4 Å². The molecule has 1 N–H and O–H groups in total. The van der Waals surface area contributed by atoms with Gasteiger partial charge in [-0.05, 0) is 48.5 Å². The Labute approximate surface area is 133 Å². The zero-order valence-corrected chi connectivity index (χ0v) is 14.5. The van der Waals surface area contributed by atoms with E-state index in [0.29, 0.717) is 12.6 Å². The van der Waals surface area contributed by atoms with Crippen molar-refractivity contribution in [3.05, 3.63) is 50.1 Å². The highest BCUT2D eigenvalue weighted by Crippen LogP contribution is 2.28. The maximum absolute atomic E-state index is 6.01. The molecule has 0 aliphatic heterocycles. The van der Waals surface area contributed by atoms with Crippen molar-refractivity contribution in [2.75, 3.05) is 6.54 Å². The SMILES string of the molecule is CCNC(C)c1cc(C)ccc1OCc1cc(Br)cs1. The van der Waals surface area contributed by atoms with Crippen LogP contribution >= 0.6 is 27.3 Å². The summed E-state index contributed by atoms with van der Waals surface area (Å²) in [6.07, 6.45) is 0. The molecular weight excluding hydrogens is 334 g/mol. The molecule has 0 radical (unpaired) electrons. The second-order valence-corrected chi connectivity index (χ2v) is 6.75. The Morgan fingerprint density at radius 3 is 2.80 bits per heavy atom. The van der Waals surface area contributed by atoms with Crippen LogP contribution in [0.4, 0.5) is 0 Å². The molecule has 2 nitrogen and oxygen atoms in total. The average Bonchev–Trinajstić information content (AvgIpc) is 2.83. The lowest BCUT2D eigenvalue weighted by Gasteiger charge is -2.18. The van der Waals surface area contributed by atoms with Crippen LogP contribution in [-0.2, 0) is 6.61 Å². The van der Waals surface area contributed by atoms with E-state index in [1.165, 1.54) is 16.0 Å². The standard InChI is InChI=1S/C16H20BrNOS/c1-4-18-12(3)15-7-11(2)5-6-16(15)19-9-14-8-13(17)10-20-14/h5-8,10,12,18H,4,9H2,1-3H3. The Morgan fingerprint density at radius 2 is 2.15 bits per heavy atom. The lowest BCUT2D eigenvalue weighted by atomic mass is 10.0.